The summed E-state index contributed by atoms with van der Waals surface area (Å²) in [5.41, 5.74) is 0. The molecule has 0 aromatic carbocycles. The van der Waals surface area contributed by atoms with Crippen LogP contribution in [0, 0.1) is 11.8 Å². The predicted octanol–water partition coefficient (Wildman–Crippen LogP) is 2.95. The smallest absolute Gasteiger partial charge is 0.216 e. The van der Waals surface area contributed by atoms with Crippen LogP contribution in [0.1, 0.15) is 44.9 Å². The van der Waals surface area contributed by atoms with E-state index in [1.807, 2.05) is 12.1 Å². The topological polar surface area (TPSA) is 91.1 Å². The molecule has 0 aliphatic heterocycles. The van der Waals surface area contributed by atoms with Crippen LogP contribution < -0.4 is 10.6 Å². The van der Waals surface area contributed by atoms with Crippen molar-refractivity contribution in [3.8, 4) is 11.6 Å². The van der Waals surface area contributed by atoms with Crippen LogP contribution in [0.5, 0.6) is 0 Å². The fourth-order valence-corrected chi connectivity index (χ4v) is 3.50. The Morgan fingerprint density at radius 1 is 1.40 bits per heavy atom. The molecule has 7 heteroatoms. The molecular formula is C18H28N6O. The van der Waals surface area contributed by atoms with Gasteiger partial charge in [-0.2, -0.15) is 0 Å². The monoisotopic (exact) mass is 344 g/mol. The Kier molecular flexibility index (Phi) is 6.09. The zero-order valence-electron chi connectivity index (χ0n) is 15.1. The van der Waals surface area contributed by atoms with Crippen molar-refractivity contribution in [2.75, 3.05) is 13.6 Å². The lowest BCUT2D eigenvalue weighted by Crippen LogP contribution is -2.38. The molecular weight excluding hydrogens is 316 g/mol. The Bertz CT molecular complexity index is 663. The van der Waals surface area contributed by atoms with Gasteiger partial charge in [-0.3, -0.25) is 10.1 Å². The maximum absolute atomic E-state index is 5.30. The van der Waals surface area contributed by atoms with Gasteiger partial charge in [-0.15, -0.1) is 5.10 Å². The number of hydrogen-bond acceptors (Lipinski definition) is 4. The van der Waals surface area contributed by atoms with Gasteiger partial charge >= 0.3 is 0 Å². The fourth-order valence-electron chi connectivity index (χ4n) is 3.50. The van der Waals surface area contributed by atoms with Crippen molar-refractivity contribution >= 4 is 5.96 Å². The first kappa shape index (κ1) is 17.5. The Morgan fingerprint density at radius 2 is 2.32 bits per heavy atom. The van der Waals surface area contributed by atoms with E-state index in [1.165, 1.54) is 32.1 Å². The van der Waals surface area contributed by atoms with Gasteiger partial charge < -0.3 is 15.1 Å². The molecule has 0 radical (unpaired) electrons. The van der Waals surface area contributed by atoms with Crippen LogP contribution in [0.15, 0.2) is 27.8 Å². The van der Waals surface area contributed by atoms with Crippen LogP contribution in [0.25, 0.3) is 11.6 Å². The molecule has 1 fully saturated rings. The first-order valence-electron chi connectivity index (χ1n) is 9.14. The number of nitrogens with one attached hydrogen (secondary N) is 3. The molecule has 1 saturated carbocycles. The van der Waals surface area contributed by atoms with Crippen molar-refractivity contribution in [2.24, 2.45) is 16.8 Å². The highest BCUT2D eigenvalue weighted by molar-refractivity contribution is 5.79. The van der Waals surface area contributed by atoms with Crippen molar-refractivity contribution in [1.82, 2.24) is 25.8 Å². The van der Waals surface area contributed by atoms with Gasteiger partial charge in [0.15, 0.2) is 11.7 Å². The van der Waals surface area contributed by atoms with Crippen LogP contribution in [0.2, 0.25) is 0 Å². The van der Waals surface area contributed by atoms with E-state index >= 15 is 0 Å². The summed E-state index contributed by atoms with van der Waals surface area (Å²) in [6.07, 6.45) is 8.32. The summed E-state index contributed by atoms with van der Waals surface area (Å²) in [5.74, 6) is 4.49. The second-order valence-corrected chi connectivity index (χ2v) is 6.86. The minimum absolute atomic E-state index is 0.536. The average Bonchev–Trinajstić information content (AvgIpc) is 3.29. The van der Waals surface area contributed by atoms with Gasteiger partial charge in [-0.05, 0) is 36.8 Å². The normalized spacial score (nSPS) is 21.3. The number of aromatic nitrogens is 3. The second kappa shape index (κ2) is 8.69. The summed E-state index contributed by atoms with van der Waals surface area (Å²) < 4.78 is 5.30. The number of hydrogen-bond donors (Lipinski definition) is 3. The lowest BCUT2D eigenvalue weighted by Gasteiger charge is -2.26. The molecule has 1 aliphatic carbocycles. The lowest BCUT2D eigenvalue weighted by molar-refractivity contribution is 0.270. The molecule has 25 heavy (non-hydrogen) atoms. The molecule has 136 valence electrons. The molecule has 2 unspecified atom stereocenters. The molecule has 2 heterocycles. The number of aliphatic imine (C=N–C) groups is 1. The number of nitrogens with zero attached hydrogens (tertiary/aromatic N) is 3. The quantitative estimate of drug-likeness (QED) is 0.553. The van der Waals surface area contributed by atoms with Crippen molar-refractivity contribution in [2.45, 2.75) is 45.6 Å². The molecule has 0 bridgehead atoms. The second-order valence-electron chi connectivity index (χ2n) is 6.86. The molecule has 3 rings (SSSR count). The van der Waals surface area contributed by atoms with Gasteiger partial charge in [-0.25, -0.2) is 4.98 Å². The number of furan rings is 1. The van der Waals surface area contributed by atoms with Crippen molar-refractivity contribution < 1.29 is 4.42 Å². The highest BCUT2D eigenvalue weighted by Gasteiger charge is 2.18. The van der Waals surface area contributed by atoms with E-state index in [1.54, 1.807) is 13.3 Å². The van der Waals surface area contributed by atoms with E-state index in [-0.39, 0.29) is 0 Å². The number of guanidine groups is 1. The Morgan fingerprint density at radius 3 is 3.08 bits per heavy atom. The van der Waals surface area contributed by atoms with E-state index < -0.39 is 0 Å². The summed E-state index contributed by atoms with van der Waals surface area (Å²) in [6, 6.07) is 3.66. The van der Waals surface area contributed by atoms with Gasteiger partial charge in [-0.1, -0.05) is 26.2 Å². The van der Waals surface area contributed by atoms with Crippen LogP contribution >= 0.6 is 0 Å². The molecule has 2 aromatic rings. The highest BCUT2D eigenvalue weighted by Crippen LogP contribution is 2.30. The molecule has 3 N–H and O–H groups in total. The molecule has 0 spiro atoms. The Labute approximate surface area is 148 Å². The summed E-state index contributed by atoms with van der Waals surface area (Å²) in [6.45, 7) is 3.85. The Balaban J connectivity index is 1.40. The summed E-state index contributed by atoms with van der Waals surface area (Å²) in [4.78, 5) is 8.69. The summed E-state index contributed by atoms with van der Waals surface area (Å²) in [7, 11) is 1.78. The SMILES string of the molecule is CN=C(NCCC1CCCC(C)C1)NCc1nc(-c2ccco2)n[nH]1. The van der Waals surface area contributed by atoms with E-state index in [0.29, 0.717) is 18.1 Å². The van der Waals surface area contributed by atoms with Gasteiger partial charge in [0.05, 0.1) is 12.8 Å². The third-order valence-corrected chi connectivity index (χ3v) is 4.81. The molecule has 1 aliphatic rings. The average molecular weight is 344 g/mol. The first-order valence-corrected chi connectivity index (χ1v) is 9.14. The van der Waals surface area contributed by atoms with E-state index in [0.717, 1.165) is 30.2 Å². The number of rotatable bonds is 6. The molecule has 2 aromatic heterocycles. The summed E-state index contributed by atoms with van der Waals surface area (Å²) in [5, 5.41) is 13.7. The summed E-state index contributed by atoms with van der Waals surface area (Å²) >= 11 is 0. The van der Waals surface area contributed by atoms with Gasteiger partial charge in [0.25, 0.3) is 0 Å². The maximum Gasteiger partial charge on any atom is 0.216 e. The maximum atomic E-state index is 5.30. The standard InChI is InChI=1S/C18H28N6O/c1-13-5-3-6-14(11-13)8-9-20-18(19-2)21-12-16-22-17(24-23-16)15-7-4-10-25-15/h4,7,10,13-14H,3,5-6,8-9,11-12H2,1-2H3,(H2,19,20,21)(H,22,23,24). The predicted molar refractivity (Wildman–Crippen MR) is 98.0 cm³/mol. The zero-order chi connectivity index (χ0) is 17.5. The first-order chi connectivity index (χ1) is 12.2. The van der Waals surface area contributed by atoms with E-state index in [9.17, 15) is 0 Å². The van der Waals surface area contributed by atoms with E-state index in [4.69, 9.17) is 4.42 Å². The van der Waals surface area contributed by atoms with Crippen LogP contribution in [0.3, 0.4) is 0 Å². The van der Waals surface area contributed by atoms with Gasteiger partial charge in [0.1, 0.15) is 5.82 Å². The van der Waals surface area contributed by atoms with Crippen molar-refractivity contribution in [3.05, 3.63) is 24.2 Å². The minimum Gasteiger partial charge on any atom is -0.461 e. The third-order valence-electron chi connectivity index (χ3n) is 4.81. The van der Waals surface area contributed by atoms with Crippen LogP contribution in [-0.2, 0) is 6.54 Å². The third kappa shape index (κ3) is 5.08. The largest absolute Gasteiger partial charge is 0.461 e. The van der Waals surface area contributed by atoms with Crippen molar-refractivity contribution in [3.63, 3.8) is 0 Å². The molecule has 0 amide bonds. The number of aromatic amines is 1. The molecule has 0 saturated heterocycles. The Hall–Kier alpha value is -2.31. The fraction of sp³-hybridized carbons (Fsp3) is 0.611. The van der Waals surface area contributed by atoms with Crippen LogP contribution in [0.4, 0.5) is 0 Å². The van der Waals surface area contributed by atoms with E-state index in [2.05, 4.69) is 37.7 Å². The highest BCUT2D eigenvalue weighted by atomic mass is 16.3. The molecule has 2 atom stereocenters. The lowest BCUT2D eigenvalue weighted by atomic mass is 9.81. The minimum atomic E-state index is 0.536. The van der Waals surface area contributed by atoms with Gasteiger partial charge in [0.2, 0.25) is 5.82 Å². The number of H-pyrrole nitrogens is 1. The van der Waals surface area contributed by atoms with Crippen LogP contribution in [-0.4, -0.2) is 34.7 Å². The van der Waals surface area contributed by atoms with Crippen molar-refractivity contribution in [1.29, 1.82) is 0 Å². The van der Waals surface area contributed by atoms with Gasteiger partial charge in [0, 0.05) is 13.6 Å². The molecule has 7 nitrogen and oxygen atoms in total. The zero-order valence-corrected chi connectivity index (χ0v) is 15.1.